The molecule has 0 unspecified atom stereocenters. The molecule has 3 aliphatic heterocycles. The number of carbonyl (C=O) groups excluding carboxylic acids is 3. The zero-order chi connectivity index (χ0) is 19.2. The number of carbonyl (C=O) groups is 3. The molecule has 26 heavy (non-hydrogen) atoms. The van der Waals surface area contributed by atoms with E-state index < -0.39 is 35.7 Å². The molecule has 3 aliphatic rings. The second-order valence-corrected chi connectivity index (χ2v) is 7.10. The number of hydrogen-bond donors (Lipinski definition) is 0. The Balaban J connectivity index is 2.05. The van der Waals surface area contributed by atoms with Crippen LogP contribution in [0.2, 0.25) is 0 Å². The summed E-state index contributed by atoms with van der Waals surface area (Å²) < 4.78 is 17.0. The highest BCUT2D eigenvalue weighted by molar-refractivity contribution is 6.00. The summed E-state index contributed by atoms with van der Waals surface area (Å²) in [5.74, 6) is -1.35. The zero-order valence-corrected chi connectivity index (χ0v) is 15.3. The first-order valence-electron chi connectivity index (χ1n) is 8.54. The molecule has 3 heterocycles. The van der Waals surface area contributed by atoms with Crippen LogP contribution in [0.5, 0.6) is 0 Å². The predicted molar refractivity (Wildman–Crippen MR) is 92.8 cm³/mol. The topological polar surface area (TPSA) is 78.9 Å². The summed E-state index contributed by atoms with van der Waals surface area (Å²) in [6, 6.07) is 0. The first-order valence-corrected chi connectivity index (χ1v) is 8.54. The molecule has 0 amide bonds. The van der Waals surface area contributed by atoms with Gasteiger partial charge in [-0.3, -0.25) is 4.79 Å². The summed E-state index contributed by atoms with van der Waals surface area (Å²) in [4.78, 5) is 36.9. The van der Waals surface area contributed by atoms with E-state index in [2.05, 4.69) is 6.58 Å². The smallest absolute Gasteiger partial charge is 0.334 e. The van der Waals surface area contributed by atoms with Crippen LogP contribution in [0.1, 0.15) is 34.1 Å². The number of fused-ring (bicyclic) bond motifs is 3. The van der Waals surface area contributed by atoms with Crippen molar-refractivity contribution in [3.8, 4) is 0 Å². The highest BCUT2D eigenvalue weighted by atomic mass is 16.6. The number of ketones is 1. The quantitative estimate of drug-likeness (QED) is 0.558. The predicted octanol–water partition coefficient (Wildman–Crippen LogP) is 2.55. The van der Waals surface area contributed by atoms with Crippen LogP contribution in [0.15, 0.2) is 47.3 Å². The van der Waals surface area contributed by atoms with Gasteiger partial charge in [-0.05, 0) is 39.3 Å². The van der Waals surface area contributed by atoms with Gasteiger partial charge >= 0.3 is 11.9 Å². The van der Waals surface area contributed by atoms with Crippen LogP contribution < -0.4 is 0 Å². The fourth-order valence-electron chi connectivity index (χ4n) is 3.41. The number of ether oxygens (including phenoxy) is 3. The Kier molecular flexibility index (Phi) is 4.38. The van der Waals surface area contributed by atoms with Crippen LogP contribution in [-0.4, -0.2) is 35.5 Å². The van der Waals surface area contributed by atoms with E-state index in [9.17, 15) is 14.4 Å². The highest BCUT2D eigenvalue weighted by Crippen LogP contribution is 2.42. The summed E-state index contributed by atoms with van der Waals surface area (Å²) in [6.45, 7) is 10.6. The van der Waals surface area contributed by atoms with Gasteiger partial charge in [-0.2, -0.15) is 0 Å². The van der Waals surface area contributed by atoms with Gasteiger partial charge < -0.3 is 14.2 Å². The number of rotatable bonds is 2. The molecule has 0 aliphatic carbocycles. The first kappa shape index (κ1) is 18.2. The summed E-state index contributed by atoms with van der Waals surface area (Å²) in [5.41, 5.74) is 0.195. The standard InChI is InChI=1S/C20H22O6/c1-6-10(2)18(22)25-15-9-20(5)16(21)8-13(26-20)11(3)7-14-17(15)12(4)19(23)24-14/h6-8,14-15,17H,4,9H2,1-3,5H3/b10-6-,11-7?/t14-,15-,17+,20-/m1/s1. The van der Waals surface area contributed by atoms with Gasteiger partial charge in [0.05, 0.1) is 5.92 Å². The summed E-state index contributed by atoms with van der Waals surface area (Å²) in [5, 5.41) is 0. The van der Waals surface area contributed by atoms with Gasteiger partial charge in [-0.15, -0.1) is 0 Å². The maximum atomic E-state index is 12.5. The zero-order valence-electron chi connectivity index (χ0n) is 15.3. The summed E-state index contributed by atoms with van der Waals surface area (Å²) in [6.07, 6.45) is 3.50. The molecule has 1 fully saturated rings. The molecule has 6 heteroatoms. The Hall–Kier alpha value is -2.63. The van der Waals surface area contributed by atoms with Crippen molar-refractivity contribution < 1.29 is 28.6 Å². The molecule has 0 spiro atoms. The molecule has 0 saturated carbocycles. The van der Waals surface area contributed by atoms with Gasteiger partial charge in [-0.25, -0.2) is 9.59 Å². The largest absolute Gasteiger partial charge is 0.479 e. The van der Waals surface area contributed by atoms with Crippen LogP contribution >= 0.6 is 0 Å². The lowest BCUT2D eigenvalue weighted by Gasteiger charge is -2.31. The van der Waals surface area contributed by atoms with Gasteiger partial charge in [0, 0.05) is 23.6 Å². The molecule has 0 N–H and O–H groups in total. The molecular formula is C20H22O6. The van der Waals surface area contributed by atoms with E-state index in [1.807, 2.05) is 0 Å². The van der Waals surface area contributed by atoms with E-state index in [1.54, 1.807) is 39.8 Å². The minimum atomic E-state index is -1.17. The molecular weight excluding hydrogens is 336 g/mol. The third kappa shape index (κ3) is 2.89. The fourth-order valence-corrected chi connectivity index (χ4v) is 3.41. The Labute approximate surface area is 152 Å². The van der Waals surface area contributed by atoms with E-state index in [4.69, 9.17) is 14.2 Å². The lowest BCUT2D eigenvalue weighted by molar-refractivity contribution is -0.153. The summed E-state index contributed by atoms with van der Waals surface area (Å²) >= 11 is 0. The van der Waals surface area contributed by atoms with E-state index >= 15 is 0 Å². The minimum Gasteiger partial charge on any atom is -0.479 e. The van der Waals surface area contributed by atoms with Gasteiger partial charge in [0.1, 0.15) is 18.0 Å². The Morgan fingerprint density at radius 2 is 2.12 bits per heavy atom. The molecule has 3 rings (SSSR count). The fraction of sp³-hybridized carbons (Fsp3) is 0.450. The van der Waals surface area contributed by atoms with Crippen molar-refractivity contribution in [2.75, 3.05) is 0 Å². The Morgan fingerprint density at radius 1 is 1.42 bits per heavy atom. The monoisotopic (exact) mass is 358 g/mol. The van der Waals surface area contributed by atoms with Gasteiger partial charge in [0.15, 0.2) is 5.60 Å². The first-order chi connectivity index (χ1) is 12.2. The van der Waals surface area contributed by atoms with Gasteiger partial charge in [-0.1, -0.05) is 12.7 Å². The Morgan fingerprint density at radius 3 is 2.77 bits per heavy atom. The number of allylic oxidation sites excluding steroid dienone is 2. The third-order valence-corrected chi connectivity index (χ3v) is 5.19. The molecule has 6 nitrogen and oxygen atoms in total. The van der Waals surface area contributed by atoms with Gasteiger partial charge in [0.25, 0.3) is 0 Å². The van der Waals surface area contributed by atoms with Crippen molar-refractivity contribution in [3.05, 3.63) is 47.3 Å². The second-order valence-electron chi connectivity index (χ2n) is 7.10. The van der Waals surface area contributed by atoms with E-state index in [-0.39, 0.29) is 17.8 Å². The van der Waals surface area contributed by atoms with E-state index in [0.29, 0.717) is 16.9 Å². The van der Waals surface area contributed by atoms with Crippen molar-refractivity contribution >= 4 is 17.7 Å². The maximum Gasteiger partial charge on any atom is 0.334 e. The minimum absolute atomic E-state index is 0.104. The average Bonchev–Trinajstić information content (AvgIpc) is 3.03. The van der Waals surface area contributed by atoms with Crippen LogP contribution in [0.3, 0.4) is 0 Å². The molecule has 138 valence electrons. The molecule has 0 aromatic carbocycles. The molecule has 1 saturated heterocycles. The van der Waals surface area contributed by atoms with E-state index in [0.717, 1.165) is 0 Å². The Bertz CT molecular complexity index is 799. The number of esters is 2. The van der Waals surface area contributed by atoms with Crippen LogP contribution in [-0.2, 0) is 28.6 Å². The molecule has 0 aromatic heterocycles. The second kappa shape index (κ2) is 6.27. The van der Waals surface area contributed by atoms with Crippen molar-refractivity contribution in [2.45, 2.75) is 51.9 Å². The highest BCUT2D eigenvalue weighted by Gasteiger charge is 2.51. The normalized spacial score (nSPS) is 33.9. The molecule has 4 atom stereocenters. The van der Waals surface area contributed by atoms with Crippen molar-refractivity contribution in [1.82, 2.24) is 0 Å². The van der Waals surface area contributed by atoms with Crippen molar-refractivity contribution in [1.29, 1.82) is 0 Å². The average molecular weight is 358 g/mol. The third-order valence-electron chi connectivity index (χ3n) is 5.19. The maximum absolute atomic E-state index is 12.5. The van der Waals surface area contributed by atoms with Crippen LogP contribution in [0.4, 0.5) is 0 Å². The van der Waals surface area contributed by atoms with Crippen molar-refractivity contribution in [3.63, 3.8) is 0 Å². The SMILES string of the molecule is C=C1C(=O)O[C@@H]2C=C(C)C3=CC(=O)[C@@](C)(C[C@@H](OC(=O)/C(C)=C\C)[C@@H]12)O3. The lowest BCUT2D eigenvalue weighted by atomic mass is 9.82. The van der Waals surface area contributed by atoms with E-state index in [1.165, 1.54) is 6.08 Å². The number of hydrogen-bond acceptors (Lipinski definition) is 6. The molecule has 2 bridgehead atoms. The summed E-state index contributed by atoms with van der Waals surface area (Å²) in [7, 11) is 0. The van der Waals surface area contributed by atoms with Gasteiger partial charge in [0.2, 0.25) is 5.78 Å². The lowest BCUT2D eigenvalue weighted by Crippen LogP contribution is -2.42. The van der Waals surface area contributed by atoms with Crippen LogP contribution in [0.25, 0.3) is 0 Å². The van der Waals surface area contributed by atoms with Crippen LogP contribution in [0, 0.1) is 5.92 Å². The molecule has 0 radical (unpaired) electrons. The molecule has 0 aromatic rings. The van der Waals surface area contributed by atoms with Crippen molar-refractivity contribution in [2.24, 2.45) is 5.92 Å².